The van der Waals surface area contributed by atoms with Crippen LogP contribution in [-0.2, 0) is 11.4 Å². The van der Waals surface area contributed by atoms with Crippen molar-refractivity contribution in [2.75, 3.05) is 5.32 Å². The highest BCUT2D eigenvalue weighted by Gasteiger charge is 2.08. The summed E-state index contributed by atoms with van der Waals surface area (Å²) in [6.45, 7) is 2.78. The topological polar surface area (TPSA) is 38.3 Å². The summed E-state index contributed by atoms with van der Waals surface area (Å²) >= 11 is 0. The van der Waals surface area contributed by atoms with Crippen molar-refractivity contribution in [2.45, 2.75) is 142 Å². The molecule has 1 N–H and O–H groups in total. The number of ether oxygens (including phenoxy) is 1. The smallest absolute Gasteiger partial charge is 0.224 e. The largest absolute Gasteiger partial charge is 0.487 e. The molecule has 0 spiro atoms. The van der Waals surface area contributed by atoms with Crippen LogP contribution in [0.1, 0.15) is 141 Å². The molecule has 3 heteroatoms. The number of carbonyl (C=O) groups excluding carboxylic acids is 1. The number of hydrogen-bond acceptors (Lipinski definition) is 2. The van der Waals surface area contributed by atoms with Crippen LogP contribution in [0.25, 0.3) is 0 Å². The van der Waals surface area contributed by atoms with Gasteiger partial charge in [0.1, 0.15) is 12.4 Å². The number of rotatable bonds is 24. The second-order valence-electron chi connectivity index (χ2n) is 10.9. The number of para-hydroxylation sites is 2. The molecule has 0 aliphatic rings. The van der Waals surface area contributed by atoms with Crippen LogP contribution in [0.5, 0.6) is 5.75 Å². The maximum Gasteiger partial charge on any atom is 0.224 e. The van der Waals surface area contributed by atoms with Gasteiger partial charge in [-0.2, -0.15) is 0 Å². The van der Waals surface area contributed by atoms with E-state index in [9.17, 15) is 4.79 Å². The van der Waals surface area contributed by atoms with Crippen LogP contribution in [0.2, 0.25) is 0 Å². The molecule has 0 saturated heterocycles. The number of anilines is 1. The molecule has 0 atom stereocenters. The molecule has 0 bridgehead atoms. The molecule has 0 aromatic heterocycles. The fraction of sp³-hybridized carbons (Fsp3) is 0.629. The molecule has 0 saturated carbocycles. The molecule has 3 nitrogen and oxygen atoms in total. The van der Waals surface area contributed by atoms with Crippen LogP contribution in [0.4, 0.5) is 5.69 Å². The van der Waals surface area contributed by atoms with Crippen molar-refractivity contribution >= 4 is 11.6 Å². The molecule has 0 radical (unpaired) electrons. The summed E-state index contributed by atoms with van der Waals surface area (Å²) in [5, 5.41) is 3.04. The molecule has 2 rings (SSSR count). The first-order valence-electron chi connectivity index (χ1n) is 15.8. The third-order valence-corrected chi connectivity index (χ3v) is 7.41. The molecule has 0 fully saturated rings. The van der Waals surface area contributed by atoms with Gasteiger partial charge in [-0.05, 0) is 24.1 Å². The van der Waals surface area contributed by atoms with Gasteiger partial charge in [-0.1, -0.05) is 165 Å². The lowest BCUT2D eigenvalue weighted by Gasteiger charge is -2.12. The number of amides is 1. The van der Waals surface area contributed by atoms with Gasteiger partial charge in [-0.15, -0.1) is 0 Å². The summed E-state index contributed by atoms with van der Waals surface area (Å²) in [7, 11) is 0. The Morgan fingerprint density at radius 2 is 1.03 bits per heavy atom. The Labute approximate surface area is 234 Å². The van der Waals surface area contributed by atoms with Crippen molar-refractivity contribution in [1.82, 2.24) is 0 Å². The molecule has 0 unspecified atom stereocenters. The molecular formula is C35H55NO2. The highest BCUT2D eigenvalue weighted by Crippen LogP contribution is 2.25. The number of hydrogen-bond donors (Lipinski definition) is 1. The summed E-state index contributed by atoms with van der Waals surface area (Å²) in [5.74, 6) is 0.797. The maximum atomic E-state index is 12.5. The van der Waals surface area contributed by atoms with Crippen LogP contribution in [0.15, 0.2) is 54.6 Å². The summed E-state index contributed by atoms with van der Waals surface area (Å²) < 4.78 is 5.95. The Morgan fingerprint density at radius 1 is 0.579 bits per heavy atom. The van der Waals surface area contributed by atoms with Gasteiger partial charge in [0.2, 0.25) is 5.91 Å². The summed E-state index contributed by atoms with van der Waals surface area (Å²) in [5.41, 5.74) is 1.87. The van der Waals surface area contributed by atoms with E-state index >= 15 is 0 Å². The average Bonchev–Trinajstić information content (AvgIpc) is 2.94. The van der Waals surface area contributed by atoms with Crippen LogP contribution >= 0.6 is 0 Å². The summed E-state index contributed by atoms with van der Waals surface area (Å²) in [6, 6.07) is 17.8. The van der Waals surface area contributed by atoms with Gasteiger partial charge in [-0.3, -0.25) is 4.79 Å². The second-order valence-corrected chi connectivity index (χ2v) is 10.9. The predicted molar refractivity (Wildman–Crippen MR) is 164 cm³/mol. The minimum absolute atomic E-state index is 0.0766. The van der Waals surface area contributed by atoms with Crippen molar-refractivity contribution in [3.8, 4) is 5.75 Å². The number of carbonyl (C=O) groups is 1. The molecule has 1 amide bonds. The van der Waals surface area contributed by atoms with Gasteiger partial charge in [0.15, 0.2) is 0 Å². The minimum atomic E-state index is 0.0766. The Hall–Kier alpha value is -2.29. The van der Waals surface area contributed by atoms with E-state index in [-0.39, 0.29) is 5.91 Å². The van der Waals surface area contributed by atoms with E-state index in [1.807, 2.05) is 54.6 Å². The third kappa shape index (κ3) is 16.5. The van der Waals surface area contributed by atoms with E-state index in [4.69, 9.17) is 4.74 Å². The zero-order chi connectivity index (χ0) is 26.9. The summed E-state index contributed by atoms with van der Waals surface area (Å²) in [6.07, 6.45) is 26.5. The van der Waals surface area contributed by atoms with Crippen LogP contribution in [0, 0.1) is 0 Å². The van der Waals surface area contributed by atoms with Gasteiger partial charge < -0.3 is 10.1 Å². The first kappa shape index (κ1) is 31.9. The van der Waals surface area contributed by atoms with Crippen LogP contribution in [0.3, 0.4) is 0 Å². The van der Waals surface area contributed by atoms with E-state index < -0.39 is 0 Å². The zero-order valence-electron chi connectivity index (χ0n) is 24.4. The van der Waals surface area contributed by atoms with Crippen LogP contribution < -0.4 is 10.1 Å². The molecule has 38 heavy (non-hydrogen) atoms. The minimum Gasteiger partial charge on any atom is -0.487 e. The highest BCUT2D eigenvalue weighted by atomic mass is 16.5. The Morgan fingerprint density at radius 3 is 1.55 bits per heavy atom. The molecular weight excluding hydrogens is 466 g/mol. The van der Waals surface area contributed by atoms with E-state index in [1.165, 1.54) is 109 Å². The zero-order valence-corrected chi connectivity index (χ0v) is 24.4. The molecule has 0 heterocycles. The first-order valence-corrected chi connectivity index (χ1v) is 15.8. The quantitative estimate of drug-likeness (QED) is 0.139. The standard InChI is InChI=1S/C35H55NO2/c1-2-3-4-5-6-7-8-9-10-11-12-13-14-15-16-17-18-19-23-30-35(37)36-33-28-24-25-29-34(33)38-31-32-26-21-20-22-27-32/h20-22,24-29H,2-19,23,30-31H2,1H3,(H,36,37). The van der Waals surface area contributed by atoms with Crippen molar-refractivity contribution < 1.29 is 9.53 Å². The van der Waals surface area contributed by atoms with Crippen molar-refractivity contribution in [3.05, 3.63) is 60.2 Å². The Bertz CT molecular complexity index is 820. The third-order valence-electron chi connectivity index (χ3n) is 7.41. The summed E-state index contributed by atoms with van der Waals surface area (Å²) in [4.78, 5) is 12.5. The van der Waals surface area contributed by atoms with Gasteiger partial charge in [-0.25, -0.2) is 0 Å². The lowest BCUT2D eigenvalue weighted by molar-refractivity contribution is -0.116. The van der Waals surface area contributed by atoms with Crippen molar-refractivity contribution in [2.24, 2.45) is 0 Å². The van der Waals surface area contributed by atoms with Gasteiger partial charge in [0.05, 0.1) is 5.69 Å². The first-order chi connectivity index (χ1) is 18.8. The second kappa shape index (κ2) is 22.7. The molecule has 2 aromatic carbocycles. The van der Waals surface area contributed by atoms with E-state index in [0.29, 0.717) is 13.0 Å². The fourth-order valence-electron chi connectivity index (χ4n) is 5.01. The Balaban J connectivity index is 1.38. The molecule has 2 aromatic rings. The lowest BCUT2D eigenvalue weighted by Crippen LogP contribution is -2.12. The Kier molecular flexibility index (Phi) is 19.0. The van der Waals surface area contributed by atoms with Gasteiger partial charge >= 0.3 is 0 Å². The number of benzene rings is 2. The fourth-order valence-corrected chi connectivity index (χ4v) is 5.01. The van der Waals surface area contributed by atoms with Gasteiger partial charge in [0, 0.05) is 6.42 Å². The SMILES string of the molecule is CCCCCCCCCCCCCCCCCCCCCC(=O)Nc1ccccc1OCc1ccccc1. The van der Waals surface area contributed by atoms with E-state index in [2.05, 4.69) is 12.2 Å². The van der Waals surface area contributed by atoms with E-state index in [0.717, 1.165) is 29.8 Å². The maximum absolute atomic E-state index is 12.5. The monoisotopic (exact) mass is 521 g/mol. The van der Waals surface area contributed by atoms with Crippen molar-refractivity contribution in [3.63, 3.8) is 0 Å². The average molecular weight is 522 g/mol. The predicted octanol–water partition coefficient (Wildman–Crippen LogP) is 11.0. The van der Waals surface area contributed by atoms with Gasteiger partial charge in [0.25, 0.3) is 0 Å². The molecule has 0 aliphatic carbocycles. The van der Waals surface area contributed by atoms with Crippen molar-refractivity contribution in [1.29, 1.82) is 0 Å². The highest BCUT2D eigenvalue weighted by molar-refractivity contribution is 5.92. The number of unbranched alkanes of at least 4 members (excludes halogenated alkanes) is 18. The normalized spacial score (nSPS) is 11.0. The molecule has 212 valence electrons. The lowest BCUT2D eigenvalue weighted by atomic mass is 10.0. The van der Waals surface area contributed by atoms with Crippen LogP contribution in [-0.4, -0.2) is 5.91 Å². The molecule has 0 aliphatic heterocycles. The number of nitrogens with one attached hydrogen (secondary N) is 1. The van der Waals surface area contributed by atoms with E-state index in [1.54, 1.807) is 0 Å².